The molecule has 1 N–H and O–H groups in total. The molecule has 0 unspecified atom stereocenters. The Morgan fingerprint density at radius 2 is 1.88 bits per heavy atom. The summed E-state index contributed by atoms with van der Waals surface area (Å²) in [6, 6.07) is 0. The molecule has 16 heavy (non-hydrogen) atoms. The summed E-state index contributed by atoms with van der Waals surface area (Å²) in [6.07, 6.45) is 5.76. The molecule has 1 fully saturated rings. The fourth-order valence-electron chi connectivity index (χ4n) is 2.50. The molecule has 3 heteroatoms. The minimum atomic E-state index is 0.344. The Morgan fingerprint density at radius 3 is 2.38 bits per heavy atom. The molecule has 1 saturated carbocycles. The van der Waals surface area contributed by atoms with E-state index in [1.165, 1.54) is 25.7 Å². The van der Waals surface area contributed by atoms with Crippen LogP contribution in [0.1, 0.15) is 39.5 Å². The van der Waals surface area contributed by atoms with Gasteiger partial charge in [-0.05, 0) is 40.8 Å². The van der Waals surface area contributed by atoms with Crippen molar-refractivity contribution < 1.29 is 4.74 Å². The van der Waals surface area contributed by atoms with E-state index in [0.717, 1.165) is 19.7 Å². The zero-order valence-corrected chi connectivity index (χ0v) is 11.4. The van der Waals surface area contributed by atoms with Crippen molar-refractivity contribution in [1.82, 2.24) is 10.2 Å². The van der Waals surface area contributed by atoms with E-state index >= 15 is 0 Å². The fraction of sp³-hybridized carbons (Fsp3) is 1.00. The van der Waals surface area contributed by atoms with Gasteiger partial charge in [-0.3, -0.25) is 0 Å². The van der Waals surface area contributed by atoms with Crippen molar-refractivity contribution in [3.63, 3.8) is 0 Å². The minimum Gasteiger partial charge on any atom is -0.377 e. The van der Waals surface area contributed by atoms with Crippen LogP contribution in [0, 0.1) is 0 Å². The van der Waals surface area contributed by atoms with Crippen molar-refractivity contribution in [3.05, 3.63) is 0 Å². The number of rotatable bonds is 7. The van der Waals surface area contributed by atoms with E-state index in [9.17, 15) is 0 Å². The molecular weight excluding hydrogens is 200 g/mol. The first-order valence-corrected chi connectivity index (χ1v) is 6.56. The summed E-state index contributed by atoms with van der Waals surface area (Å²) in [5.74, 6) is 0. The normalized spacial score (nSPS) is 19.9. The number of nitrogens with one attached hydrogen (secondary N) is 1. The van der Waals surface area contributed by atoms with Gasteiger partial charge in [-0.1, -0.05) is 12.8 Å². The summed E-state index contributed by atoms with van der Waals surface area (Å²) in [5, 5.41) is 3.54. The van der Waals surface area contributed by atoms with Crippen LogP contribution in [0.15, 0.2) is 0 Å². The third-order valence-electron chi connectivity index (χ3n) is 3.67. The molecule has 0 aliphatic heterocycles. The Hall–Kier alpha value is -0.120. The van der Waals surface area contributed by atoms with Crippen LogP contribution >= 0.6 is 0 Å². The summed E-state index contributed by atoms with van der Waals surface area (Å²) in [5.41, 5.74) is 0.401. The van der Waals surface area contributed by atoms with Crippen molar-refractivity contribution >= 4 is 0 Å². The number of hydrogen-bond donors (Lipinski definition) is 1. The first-order valence-electron chi connectivity index (χ1n) is 6.56. The van der Waals surface area contributed by atoms with Gasteiger partial charge in [0.25, 0.3) is 0 Å². The zero-order valence-electron chi connectivity index (χ0n) is 11.4. The number of nitrogens with zero attached hydrogens (tertiary/aromatic N) is 1. The van der Waals surface area contributed by atoms with Crippen LogP contribution in [-0.2, 0) is 4.74 Å². The van der Waals surface area contributed by atoms with Crippen molar-refractivity contribution in [2.24, 2.45) is 0 Å². The van der Waals surface area contributed by atoms with Crippen LogP contribution < -0.4 is 5.32 Å². The fourth-order valence-corrected chi connectivity index (χ4v) is 2.50. The molecule has 0 atom stereocenters. The summed E-state index contributed by atoms with van der Waals surface area (Å²) < 4.78 is 5.52. The molecule has 0 aromatic rings. The second-order valence-corrected chi connectivity index (χ2v) is 5.42. The Morgan fingerprint density at radius 1 is 1.25 bits per heavy atom. The average Bonchev–Trinajstić information content (AvgIpc) is 2.66. The highest BCUT2D eigenvalue weighted by atomic mass is 16.5. The molecule has 0 bridgehead atoms. The third-order valence-corrected chi connectivity index (χ3v) is 3.67. The highest BCUT2D eigenvalue weighted by Gasteiger charge is 2.35. The second-order valence-electron chi connectivity index (χ2n) is 5.42. The Labute approximate surface area is 101 Å². The highest BCUT2D eigenvalue weighted by Crippen LogP contribution is 2.32. The van der Waals surface area contributed by atoms with Crippen LogP contribution in [0.5, 0.6) is 0 Å². The van der Waals surface area contributed by atoms with E-state index in [-0.39, 0.29) is 0 Å². The van der Waals surface area contributed by atoms with E-state index in [2.05, 4.69) is 38.2 Å². The van der Waals surface area contributed by atoms with Gasteiger partial charge in [0.15, 0.2) is 0 Å². The van der Waals surface area contributed by atoms with Crippen LogP contribution in [0.25, 0.3) is 0 Å². The SMILES string of the molecule is CC(C)OCCNCC1(N(C)C)CCCC1. The molecule has 1 aliphatic carbocycles. The molecule has 3 nitrogen and oxygen atoms in total. The van der Waals surface area contributed by atoms with Crippen LogP contribution in [0.3, 0.4) is 0 Å². The molecule has 1 rings (SSSR count). The van der Waals surface area contributed by atoms with Gasteiger partial charge < -0.3 is 15.0 Å². The maximum Gasteiger partial charge on any atom is 0.0594 e. The lowest BCUT2D eigenvalue weighted by Gasteiger charge is -2.36. The van der Waals surface area contributed by atoms with Crippen LogP contribution in [-0.4, -0.2) is 50.3 Å². The lowest BCUT2D eigenvalue weighted by atomic mass is 9.96. The maximum absolute atomic E-state index is 5.52. The van der Waals surface area contributed by atoms with E-state index in [1.807, 2.05) is 0 Å². The van der Waals surface area contributed by atoms with Gasteiger partial charge >= 0.3 is 0 Å². The van der Waals surface area contributed by atoms with Crippen LogP contribution in [0.2, 0.25) is 0 Å². The Bertz CT molecular complexity index is 186. The van der Waals surface area contributed by atoms with Crippen LogP contribution in [0.4, 0.5) is 0 Å². The summed E-state index contributed by atoms with van der Waals surface area (Å²) in [7, 11) is 4.41. The molecule has 96 valence electrons. The largest absolute Gasteiger partial charge is 0.377 e. The van der Waals surface area contributed by atoms with Gasteiger partial charge in [0, 0.05) is 18.6 Å². The molecule has 0 radical (unpaired) electrons. The first-order chi connectivity index (χ1) is 7.57. The Balaban J connectivity index is 2.19. The van der Waals surface area contributed by atoms with E-state index < -0.39 is 0 Å². The summed E-state index contributed by atoms with van der Waals surface area (Å²) >= 11 is 0. The second kappa shape index (κ2) is 6.58. The molecular formula is C13H28N2O. The topological polar surface area (TPSA) is 24.5 Å². The Kier molecular flexibility index (Phi) is 5.73. The number of hydrogen-bond acceptors (Lipinski definition) is 3. The van der Waals surface area contributed by atoms with Gasteiger partial charge in [-0.25, -0.2) is 0 Å². The van der Waals surface area contributed by atoms with Crippen molar-refractivity contribution in [2.45, 2.75) is 51.2 Å². The average molecular weight is 228 g/mol. The van der Waals surface area contributed by atoms with E-state index in [0.29, 0.717) is 11.6 Å². The number of likely N-dealkylation sites (N-methyl/N-ethyl adjacent to an activating group) is 1. The maximum atomic E-state index is 5.52. The smallest absolute Gasteiger partial charge is 0.0594 e. The lowest BCUT2D eigenvalue weighted by molar-refractivity contribution is 0.0767. The van der Waals surface area contributed by atoms with Gasteiger partial charge in [-0.2, -0.15) is 0 Å². The predicted octanol–water partition coefficient (Wildman–Crippen LogP) is 1.88. The van der Waals surface area contributed by atoms with Gasteiger partial charge in [0.05, 0.1) is 12.7 Å². The quantitative estimate of drug-likeness (QED) is 0.673. The van der Waals surface area contributed by atoms with Crippen molar-refractivity contribution in [1.29, 1.82) is 0 Å². The number of ether oxygens (including phenoxy) is 1. The van der Waals surface area contributed by atoms with Gasteiger partial charge in [0.2, 0.25) is 0 Å². The third kappa shape index (κ3) is 4.04. The predicted molar refractivity (Wildman–Crippen MR) is 68.8 cm³/mol. The zero-order chi connectivity index (χ0) is 12.0. The molecule has 0 amide bonds. The van der Waals surface area contributed by atoms with Crippen molar-refractivity contribution in [3.8, 4) is 0 Å². The van der Waals surface area contributed by atoms with E-state index in [4.69, 9.17) is 4.74 Å². The molecule has 0 aromatic carbocycles. The monoisotopic (exact) mass is 228 g/mol. The standard InChI is InChI=1S/C13H28N2O/c1-12(2)16-10-9-14-11-13(15(3)4)7-5-6-8-13/h12,14H,5-11H2,1-4H3. The van der Waals surface area contributed by atoms with E-state index in [1.54, 1.807) is 0 Å². The lowest BCUT2D eigenvalue weighted by Crippen LogP contribution is -2.50. The van der Waals surface area contributed by atoms with Crippen molar-refractivity contribution in [2.75, 3.05) is 33.8 Å². The highest BCUT2D eigenvalue weighted by molar-refractivity contribution is 4.94. The minimum absolute atomic E-state index is 0.344. The molecule has 0 saturated heterocycles. The summed E-state index contributed by atoms with van der Waals surface area (Å²) in [4.78, 5) is 2.40. The summed E-state index contributed by atoms with van der Waals surface area (Å²) in [6.45, 7) is 7.05. The molecule has 1 aliphatic rings. The molecule has 0 spiro atoms. The van der Waals surface area contributed by atoms with Gasteiger partial charge in [0.1, 0.15) is 0 Å². The first kappa shape index (κ1) is 13.9. The van der Waals surface area contributed by atoms with Gasteiger partial charge in [-0.15, -0.1) is 0 Å². The molecule has 0 aromatic heterocycles. The molecule has 0 heterocycles.